The average molecular weight is 489 g/mol. The molecule has 0 aromatic rings. The number of methoxy groups -OCH3 is 1. The molecule has 35 heavy (non-hydrogen) atoms. The smallest absolute Gasteiger partial charge is 0.333 e. The van der Waals surface area contributed by atoms with Gasteiger partial charge in [0.05, 0.1) is 6.10 Å². The lowest BCUT2D eigenvalue weighted by Crippen LogP contribution is -2.63. The topological polar surface area (TPSA) is 116 Å². The van der Waals surface area contributed by atoms with Crippen molar-refractivity contribution in [2.24, 2.45) is 34.5 Å². The Morgan fingerprint density at radius 2 is 1.91 bits per heavy atom. The molecule has 3 saturated carbocycles. The van der Waals surface area contributed by atoms with Crippen molar-refractivity contribution in [1.82, 2.24) is 0 Å². The number of aliphatic hydroxyl groups is 1. The van der Waals surface area contributed by atoms with Gasteiger partial charge in [-0.15, -0.1) is 0 Å². The molecule has 4 aliphatic rings. The van der Waals surface area contributed by atoms with E-state index in [9.17, 15) is 24.3 Å². The minimum atomic E-state index is -1.52. The minimum Gasteiger partial charge on any atom is -0.458 e. The van der Waals surface area contributed by atoms with Crippen LogP contribution in [0.4, 0.5) is 0 Å². The highest BCUT2D eigenvalue weighted by molar-refractivity contribution is 6.01. The van der Waals surface area contributed by atoms with Crippen molar-refractivity contribution < 1.29 is 38.5 Å². The van der Waals surface area contributed by atoms with E-state index in [4.69, 9.17) is 14.2 Å². The summed E-state index contributed by atoms with van der Waals surface area (Å²) < 4.78 is 15.9. The van der Waals surface area contributed by atoms with E-state index in [1.807, 2.05) is 13.0 Å². The molecule has 0 aliphatic heterocycles. The highest BCUT2D eigenvalue weighted by atomic mass is 16.6. The fourth-order valence-corrected chi connectivity index (χ4v) is 8.05. The number of fused-ring (bicyclic) bond motifs is 5. The molecule has 2 unspecified atom stereocenters. The van der Waals surface area contributed by atoms with Gasteiger partial charge in [-0.3, -0.25) is 14.4 Å². The zero-order valence-electron chi connectivity index (χ0n) is 21.2. The lowest BCUT2D eigenvalue weighted by molar-refractivity contribution is -0.203. The Bertz CT molecular complexity index is 997. The summed E-state index contributed by atoms with van der Waals surface area (Å²) in [6, 6.07) is 0. The molecule has 0 aromatic carbocycles. The molecule has 0 saturated heterocycles. The summed E-state index contributed by atoms with van der Waals surface area (Å²) in [4.78, 5) is 49.8. The molecule has 192 valence electrons. The molecule has 0 bridgehead atoms. The molecule has 0 heterocycles. The predicted octanol–water partition coefficient (Wildman–Crippen LogP) is 2.57. The lowest BCUT2D eigenvalue weighted by atomic mass is 9.44. The normalized spacial score (nSPS) is 41.8. The van der Waals surface area contributed by atoms with Gasteiger partial charge in [0.15, 0.2) is 18.0 Å². The molecule has 0 radical (unpaired) electrons. The van der Waals surface area contributed by atoms with Crippen molar-refractivity contribution in [3.8, 4) is 0 Å². The average Bonchev–Trinajstić information content (AvgIpc) is 3.05. The van der Waals surface area contributed by atoms with Gasteiger partial charge < -0.3 is 19.3 Å². The second-order valence-corrected chi connectivity index (χ2v) is 11.2. The largest absolute Gasteiger partial charge is 0.458 e. The van der Waals surface area contributed by atoms with Gasteiger partial charge >= 0.3 is 11.9 Å². The zero-order valence-corrected chi connectivity index (χ0v) is 21.2. The molecule has 0 amide bonds. The highest BCUT2D eigenvalue weighted by Crippen LogP contribution is 2.68. The monoisotopic (exact) mass is 488 g/mol. The number of hydrogen-bond acceptors (Lipinski definition) is 8. The third-order valence-corrected chi connectivity index (χ3v) is 9.34. The van der Waals surface area contributed by atoms with Crippen LogP contribution in [0.1, 0.15) is 53.4 Å². The van der Waals surface area contributed by atoms with Crippen molar-refractivity contribution in [3.63, 3.8) is 0 Å². The molecule has 8 heteroatoms. The van der Waals surface area contributed by atoms with E-state index < -0.39 is 46.9 Å². The first-order chi connectivity index (χ1) is 16.4. The van der Waals surface area contributed by atoms with Gasteiger partial charge in [0, 0.05) is 30.8 Å². The first kappa shape index (κ1) is 25.8. The number of ether oxygens (including phenoxy) is 3. The molecule has 0 spiro atoms. The van der Waals surface area contributed by atoms with Crippen molar-refractivity contribution in [2.45, 2.75) is 65.1 Å². The van der Waals surface area contributed by atoms with Crippen molar-refractivity contribution in [2.75, 3.05) is 20.3 Å². The van der Waals surface area contributed by atoms with Crippen LogP contribution in [0.3, 0.4) is 0 Å². The van der Waals surface area contributed by atoms with Crippen LogP contribution in [0, 0.1) is 34.5 Å². The van der Waals surface area contributed by atoms with Gasteiger partial charge in [-0.25, -0.2) is 4.79 Å². The summed E-state index contributed by atoms with van der Waals surface area (Å²) in [5.41, 5.74) is -1.78. The first-order valence-electron chi connectivity index (χ1n) is 12.4. The van der Waals surface area contributed by atoms with E-state index in [1.165, 1.54) is 14.0 Å². The number of hydrogen-bond donors (Lipinski definition) is 1. The van der Waals surface area contributed by atoms with E-state index >= 15 is 0 Å². The summed E-state index contributed by atoms with van der Waals surface area (Å²) in [7, 11) is 1.38. The van der Waals surface area contributed by atoms with Gasteiger partial charge in [0.1, 0.15) is 6.61 Å². The highest BCUT2D eigenvalue weighted by Gasteiger charge is 2.70. The van der Waals surface area contributed by atoms with Crippen LogP contribution >= 0.6 is 0 Å². The Morgan fingerprint density at radius 1 is 1.20 bits per heavy atom. The Morgan fingerprint density at radius 3 is 2.57 bits per heavy atom. The second kappa shape index (κ2) is 8.96. The molecular weight excluding hydrogens is 452 g/mol. The predicted molar refractivity (Wildman–Crippen MR) is 125 cm³/mol. The van der Waals surface area contributed by atoms with Crippen LogP contribution in [0.15, 0.2) is 23.8 Å². The molecule has 0 aromatic heterocycles. The maximum atomic E-state index is 13.6. The second-order valence-electron chi connectivity index (χ2n) is 11.2. The molecule has 1 N–H and O–H groups in total. The van der Waals surface area contributed by atoms with Crippen molar-refractivity contribution in [1.29, 1.82) is 0 Å². The number of rotatable bonds is 6. The maximum absolute atomic E-state index is 13.6. The van der Waals surface area contributed by atoms with E-state index in [0.29, 0.717) is 12.8 Å². The quantitative estimate of drug-likeness (QED) is 0.567. The summed E-state index contributed by atoms with van der Waals surface area (Å²) in [5.74, 6) is -1.68. The SMILES string of the molecule is COCC(=O)O[C@]1(C(=O)COC(C)=O)CC[C@H]2[C@@H]3CC(C)C4=CC(=O)C=C[C@]4(C)[C@H]3C(O)C[C@@]21C. The van der Waals surface area contributed by atoms with Crippen LogP contribution in [-0.2, 0) is 33.4 Å². The minimum absolute atomic E-state index is 0.000578. The van der Waals surface area contributed by atoms with Crippen LogP contribution in [0.2, 0.25) is 0 Å². The van der Waals surface area contributed by atoms with Crippen molar-refractivity contribution >= 4 is 23.5 Å². The number of allylic oxidation sites excluding steroid dienone is 4. The lowest BCUT2D eigenvalue weighted by Gasteiger charge is -2.61. The van der Waals surface area contributed by atoms with Crippen LogP contribution in [0.5, 0.6) is 0 Å². The third kappa shape index (κ3) is 3.89. The van der Waals surface area contributed by atoms with E-state index in [2.05, 4.69) is 13.8 Å². The van der Waals surface area contributed by atoms with Crippen LogP contribution in [0.25, 0.3) is 0 Å². The Kier molecular flexibility index (Phi) is 6.60. The molecule has 8 atom stereocenters. The first-order valence-corrected chi connectivity index (χ1v) is 12.4. The number of carbonyl (C=O) groups excluding carboxylic acids is 4. The van der Waals surface area contributed by atoms with Gasteiger partial charge in [-0.1, -0.05) is 32.4 Å². The van der Waals surface area contributed by atoms with E-state index in [1.54, 1.807) is 12.2 Å². The fraction of sp³-hybridized carbons (Fsp3) is 0.704. The summed E-state index contributed by atoms with van der Waals surface area (Å²) >= 11 is 0. The van der Waals surface area contributed by atoms with Gasteiger partial charge in [0.2, 0.25) is 5.78 Å². The third-order valence-electron chi connectivity index (χ3n) is 9.34. The number of Topliss-reactive ketones (excluding diaryl/α,β-unsaturated/α-hetero) is 1. The summed E-state index contributed by atoms with van der Waals surface area (Å²) in [5, 5.41) is 11.6. The number of aliphatic hydroxyl groups excluding tert-OH is 1. The summed E-state index contributed by atoms with van der Waals surface area (Å²) in [6.07, 6.45) is 6.43. The van der Waals surface area contributed by atoms with Crippen LogP contribution in [-0.4, -0.2) is 60.6 Å². The fourth-order valence-electron chi connectivity index (χ4n) is 8.05. The number of carbonyl (C=O) groups is 4. The molecule has 4 aliphatic carbocycles. The van der Waals surface area contributed by atoms with E-state index in [-0.39, 0.29) is 42.5 Å². The molecular formula is C27H36O8. The van der Waals surface area contributed by atoms with Crippen LogP contribution < -0.4 is 0 Å². The molecule has 4 rings (SSSR count). The zero-order chi connectivity index (χ0) is 25.8. The summed E-state index contributed by atoms with van der Waals surface area (Å²) in [6.45, 7) is 6.55. The van der Waals surface area contributed by atoms with Gasteiger partial charge in [0.25, 0.3) is 0 Å². The molecule has 8 nitrogen and oxygen atoms in total. The molecule has 3 fully saturated rings. The Labute approximate surface area is 206 Å². The number of ketones is 2. The number of esters is 2. The van der Waals surface area contributed by atoms with Gasteiger partial charge in [-0.2, -0.15) is 0 Å². The van der Waals surface area contributed by atoms with Gasteiger partial charge in [-0.05, 0) is 55.6 Å². The Hall–Kier alpha value is -2.32. The van der Waals surface area contributed by atoms with Crippen molar-refractivity contribution in [3.05, 3.63) is 23.8 Å². The maximum Gasteiger partial charge on any atom is 0.333 e. The van der Waals surface area contributed by atoms with E-state index in [0.717, 1.165) is 12.0 Å². The Balaban J connectivity index is 1.75. The standard InChI is InChI=1S/C27H36O8/c1-15-10-18-19-7-9-27(35-23(32)14-33-5,22(31)13-34-16(2)28)26(19,4)12-21(30)24(18)25(3)8-6-17(29)11-20(15)25/h6,8,11,15,18-19,21,24,30H,7,9-10,12-14H2,1-5H3/t15?,18-,19-,21?,24+,25-,26-,27-/m0/s1.